The molecule has 0 aliphatic heterocycles. The maximum Gasteiger partial charge on any atom is 2.00 e. The van der Waals surface area contributed by atoms with Gasteiger partial charge in [-0.3, -0.25) is 0 Å². The molecular formula is C12H26Mg. The number of hydrogen-bond donors (Lipinski definition) is 0. The van der Waals surface area contributed by atoms with Crippen molar-refractivity contribution < 1.29 is 0 Å². The normalized spacial score (nSPS) is 9.69. The first-order valence-electron chi connectivity index (χ1n) is 5.02. The molecule has 0 amide bonds. The van der Waals surface area contributed by atoms with Crippen LogP contribution in [0, 0.1) is 17.8 Å². The molecule has 0 rings (SSSR count). The Balaban J connectivity index is -0.000000173. The molecule has 0 aromatic rings. The Labute approximate surface area is 102 Å². The van der Waals surface area contributed by atoms with Gasteiger partial charge < -0.3 is 11.8 Å². The van der Waals surface area contributed by atoms with Gasteiger partial charge in [-0.25, -0.2) is 0 Å². The van der Waals surface area contributed by atoms with Gasteiger partial charge in [0.2, 0.25) is 0 Å². The van der Waals surface area contributed by atoms with Crippen LogP contribution in [0.5, 0.6) is 0 Å². The summed E-state index contributed by atoms with van der Waals surface area (Å²) in [5, 5.41) is 0. The van der Waals surface area contributed by atoms with Crippen LogP contribution in [0.1, 0.15) is 61.3 Å². The van der Waals surface area contributed by atoms with Crippen molar-refractivity contribution in [1.82, 2.24) is 0 Å². The fourth-order valence-corrected chi connectivity index (χ4v) is 1.11. The van der Waals surface area contributed by atoms with Gasteiger partial charge in [0.1, 0.15) is 0 Å². The van der Waals surface area contributed by atoms with Crippen molar-refractivity contribution in [3.63, 3.8) is 0 Å². The third kappa shape index (κ3) is 19.3. The van der Waals surface area contributed by atoms with Crippen molar-refractivity contribution in [1.29, 1.82) is 0 Å². The minimum atomic E-state index is 0. The third-order valence-electron chi connectivity index (χ3n) is 1.80. The van der Waals surface area contributed by atoms with Gasteiger partial charge >= 0.3 is 23.1 Å². The Morgan fingerprint density at radius 2 is 1.08 bits per heavy atom. The zero-order chi connectivity index (χ0) is 10.1. The summed E-state index contributed by atoms with van der Waals surface area (Å²) in [7, 11) is 0. The quantitative estimate of drug-likeness (QED) is 0.465. The van der Waals surface area contributed by atoms with Crippen LogP contribution in [0.25, 0.3) is 0 Å². The Morgan fingerprint density at radius 3 is 1.08 bits per heavy atom. The van der Waals surface area contributed by atoms with E-state index in [2.05, 4.69) is 48.5 Å². The van der Waals surface area contributed by atoms with Gasteiger partial charge in [0, 0.05) is 0 Å². The second-order valence-electron chi connectivity index (χ2n) is 4.09. The molecule has 76 valence electrons. The third-order valence-corrected chi connectivity index (χ3v) is 1.80. The second-order valence-corrected chi connectivity index (χ2v) is 4.09. The van der Waals surface area contributed by atoms with E-state index < -0.39 is 0 Å². The summed E-state index contributed by atoms with van der Waals surface area (Å²) >= 11 is 0. The summed E-state index contributed by atoms with van der Waals surface area (Å²) < 4.78 is 0. The summed E-state index contributed by atoms with van der Waals surface area (Å²) in [6, 6.07) is 0. The van der Waals surface area contributed by atoms with E-state index in [1.54, 1.807) is 5.92 Å². The van der Waals surface area contributed by atoms with Crippen molar-refractivity contribution >= 4 is 23.1 Å². The van der Waals surface area contributed by atoms with E-state index in [1.807, 2.05) is 0 Å². The zero-order valence-electron chi connectivity index (χ0n) is 10.7. The van der Waals surface area contributed by atoms with Gasteiger partial charge in [-0.15, -0.1) is 0 Å². The Morgan fingerprint density at radius 1 is 0.846 bits per heavy atom. The Hall–Kier alpha value is 0.766. The first-order chi connectivity index (χ1) is 5.45. The van der Waals surface area contributed by atoms with Crippen LogP contribution in [-0.4, -0.2) is 23.1 Å². The molecule has 0 nitrogen and oxygen atoms in total. The SMILES string of the molecule is CCC(CC)[C-](C)C.C[C-](C)C.[Mg+2]. The van der Waals surface area contributed by atoms with Crippen molar-refractivity contribution in [2.45, 2.75) is 61.3 Å². The average molecular weight is 195 g/mol. The van der Waals surface area contributed by atoms with Crippen LogP contribution in [0.3, 0.4) is 0 Å². The zero-order valence-corrected chi connectivity index (χ0v) is 12.1. The van der Waals surface area contributed by atoms with Gasteiger partial charge in [-0.1, -0.05) is 26.7 Å². The molecule has 0 aromatic heterocycles. The summed E-state index contributed by atoms with van der Waals surface area (Å²) in [5.41, 5.74) is 0. The maximum atomic E-state index is 2.25. The number of rotatable bonds is 3. The van der Waals surface area contributed by atoms with Crippen LogP contribution in [0.15, 0.2) is 0 Å². The molecule has 0 heterocycles. The molecule has 0 saturated heterocycles. The maximum absolute atomic E-state index is 2.25. The molecule has 0 saturated carbocycles. The summed E-state index contributed by atoms with van der Waals surface area (Å²) in [6.07, 6.45) is 2.61. The first-order valence-corrected chi connectivity index (χ1v) is 5.02. The Bertz CT molecular complexity index is 70.4. The molecule has 0 spiro atoms. The van der Waals surface area contributed by atoms with Gasteiger partial charge in [0.15, 0.2) is 0 Å². The second kappa shape index (κ2) is 12.8. The molecule has 0 aliphatic carbocycles. The van der Waals surface area contributed by atoms with Crippen LogP contribution in [-0.2, 0) is 0 Å². The van der Waals surface area contributed by atoms with E-state index in [4.69, 9.17) is 0 Å². The molecule has 0 unspecified atom stereocenters. The average Bonchev–Trinajstić information content (AvgIpc) is 1.87. The molecule has 0 N–H and O–H groups in total. The van der Waals surface area contributed by atoms with Gasteiger partial charge in [-0.2, -0.15) is 40.5 Å². The summed E-state index contributed by atoms with van der Waals surface area (Å²) in [5.74, 6) is 3.87. The van der Waals surface area contributed by atoms with E-state index in [0.29, 0.717) is 0 Å². The van der Waals surface area contributed by atoms with Crippen LogP contribution in [0.4, 0.5) is 0 Å². The van der Waals surface area contributed by atoms with Gasteiger partial charge in [-0.05, 0) is 0 Å². The van der Waals surface area contributed by atoms with Crippen molar-refractivity contribution in [2.75, 3.05) is 0 Å². The van der Waals surface area contributed by atoms with Crippen molar-refractivity contribution in [2.24, 2.45) is 5.92 Å². The van der Waals surface area contributed by atoms with Crippen molar-refractivity contribution in [3.05, 3.63) is 11.8 Å². The standard InChI is InChI=1S/C8H17.C4H9.Mg/c1-5-8(6-2)7(3)4;1-4(2)3;/h8H,5-6H2,1-4H3;1-3H3;/q2*-1;+2. The first kappa shape index (κ1) is 19.4. The van der Waals surface area contributed by atoms with E-state index in [0.717, 1.165) is 5.92 Å². The monoisotopic (exact) mass is 194 g/mol. The van der Waals surface area contributed by atoms with E-state index in [-0.39, 0.29) is 23.1 Å². The molecular weight excluding hydrogens is 168 g/mol. The predicted molar refractivity (Wildman–Crippen MR) is 64.7 cm³/mol. The topological polar surface area (TPSA) is 0 Å². The van der Waals surface area contributed by atoms with E-state index in [9.17, 15) is 0 Å². The van der Waals surface area contributed by atoms with Crippen LogP contribution >= 0.6 is 0 Å². The van der Waals surface area contributed by atoms with Crippen LogP contribution < -0.4 is 0 Å². The van der Waals surface area contributed by atoms with Crippen molar-refractivity contribution in [3.8, 4) is 0 Å². The van der Waals surface area contributed by atoms with E-state index >= 15 is 0 Å². The molecule has 0 atom stereocenters. The summed E-state index contributed by atoms with van der Waals surface area (Å²) in [4.78, 5) is 0. The minimum Gasteiger partial charge on any atom is -0.323 e. The molecule has 0 bridgehead atoms. The largest absolute Gasteiger partial charge is 2.00 e. The molecule has 0 aliphatic rings. The molecule has 13 heavy (non-hydrogen) atoms. The summed E-state index contributed by atoms with van der Waals surface area (Å²) in [6.45, 7) is 15.2. The molecule has 1 heteroatoms. The predicted octanol–water partition coefficient (Wildman–Crippen LogP) is 4.28. The fraction of sp³-hybridized carbons (Fsp3) is 0.833. The number of hydrogen-bond acceptors (Lipinski definition) is 0. The van der Waals surface area contributed by atoms with Crippen LogP contribution in [0.2, 0.25) is 0 Å². The molecule has 0 fully saturated rings. The Kier molecular flexibility index (Phi) is 19.0. The van der Waals surface area contributed by atoms with E-state index in [1.165, 1.54) is 18.8 Å². The minimum absolute atomic E-state index is 0. The fourth-order valence-electron chi connectivity index (χ4n) is 1.11. The molecule has 0 radical (unpaired) electrons. The van der Waals surface area contributed by atoms with Gasteiger partial charge in [0.05, 0.1) is 0 Å². The smallest absolute Gasteiger partial charge is 0.323 e. The molecule has 0 aromatic carbocycles. The van der Waals surface area contributed by atoms with Gasteiger partial charge in [0.25, 0.3) is 0 Å².